The summed E-state index contributed by atoms with van der Waals surface area (Å²) in [5, 5.41) is 3.56. The van der Waals surface area contributed by atoms with Crippen molar-refractivity contribution in [1.82, 2.24) is 5.32 Å². The van der Waals surface area contributed by atoms with Crippen molar-refractivity contribution in [2.75, 3.05) is 26.9 Å². The molecule has 0 heterocycles. The fourth-order valence-electron chi connectivity index (χ4n) is 2.09. The van der Waals surface area contributed by atoms with Gasteiger partial charge < -0.3 is 14.8 Å². The van der Waals surface area contributed by atoms with Gasteiger partial charge in [-0.05, 0) is 49.6 Å². The van der Waals surface area contributed by atoms with Crippen LogP contribution >= 0.6 is 0 Å². The quantitative estimate of drug-likeness (QED) is 0.693. The summed E-state index contributed by atoms with van der Waals surface area (Å²) < 4.78 is 11.0. The minimum atomic E-state index is 0.261. The molecule has 1 aromatic rings. The van der Waals surface area contributed by atoms with Crippen LogP contribution in [0.1, 0.15) is 43.9 Å². The van der Waals surface area contributed by atoms with Crippen molar-refractivity contribution in [2.24, 2.45) is 0 Å². The standard InChI is InChI=1S/C16H27NO2/c1-5-9-17-16(12-19-10-6-2)15-8-7-14(18-4)11-13(15)3/h7-8,11,16-17H,5-6,9-10,12H2,1-4H3. The Hall–Kier alpha value is -1.06. The molecule has 0 aliphatic heterocycles. The first-order valence-corrected chi connectivity index (χ1v) is 7.18. The van der Waals surface area contributed by atoms with Gasteiger partial charge in [-0.3, -0.25) is 0 Å². The number of methoxy groups -OCH3 is 1. The lowest BCUT2D eigenvalue weighted by molar-refractivity contribution is 0.112. The number of rotatable bonds is 9. The van der Waals surface area contributed by atoms with Crippen LogP contribution in [0.5, 0.6) is 5.75 Å². The third-order valence-electron chi connectivity index (χ3n) is 3.13. The largest absolute Gasteiger partial charge is 0.497 e. The summed E-state index contributed by atoms with van der Waals surface area (Å²) in [6, 6.07) is 6.49. The van der Waals surface area contributed by atoms with Gasteiger partial charge in [-0.2, -0.15) is 0 Å². The van der Waals surface area contributed by atoms with Crippen molar-refractivity contribution < 1.29 is 9.47 Å². The van der Waals surface area contributed by atoms with E-state index in [1.54, 1.807) is 7.11 Å². The van der Waals surface area contributed by atoms with Crippen LogP contribution in [-0.4, -0.2) is 26.9 Å². The summed E-state index contributed by atoms with van der Waals surface area (Å²) in [6.07, 6.45) is 2.18. The van der Waals surface area contributed by atoms with Crippen LogP contribution in [0.4, 0.5) is 0 Å². The minimum absolute atomic E-state index is 0.261. The molecule has 3 nitrogen and oxygen atoms in total. The van der Waals surface area contributed by atoms with Crippen LogP contribution in [0.25, 0.3) is 0 Å². The molecule has 0 aliphatic rings. The molecule has 0 saturated heterocycles. The van der Waals surface area contributed by atoms with E-state index in [9.17, 15) is 0 Å². The predicted octanol–water partition coefficient (Wildman–Crippen LogP) is 3.47. The molecule has 1 rings (SSSR count). The van der Waals surface area contributed by atoms with E-state index in [-0.39, 0.29) is 6.04 Å². The summed E-state index contributed by atoms with van der Waals surface area (Å²) in [6.45, 7) is 8.98. The van der Waals surface area contributed by atoms with Gasteiger partial charge in [0.25, 0.3) is 0 Å². The Labute approximate surface area is 117 Å². The summed E-state index contributed by atoms with van der Waals surface area (Å²) in [7, 11) is 1.70. The van der Waals surface area contributed by atoms with Gasteiger partial charge in [0.15, 0.2) is 0 Å². The zero-order valence-corrected chi connectivity index (χ0v) is 12.7. The highest BCUT2D eigenvalue weighted by Crippen LogP contribution is 2.23. The van der Waals surface area contributed by atoms with E-state index in [4.69, 9.17) is 9.47 Å². The predicted molar refractivity (Wildman–Crippen MR) is 79.9 cm³/mol. The molecule has 108 valence electrons. The van der Waals surface area contributed by atoms with E-state index in [0.29, 0.717) is 0 Å². The second kappa shape index (κ2) is 8.94. The molecule has 1 N–H and O–H groups in total. The van der Waals surface area contributed by atoms with Gasteiger partial charge in [0.05, 0.1) is 19.8 Å². The van der Waals surface area contributed by atoms with Crippen molar-refractivity contribution in [1.29, 1.82) is 0 Å². The van der Waals surface area contributed by atoms with E-state index in [0.717, 1.165) is 38.3 Å². The highest BCUT2D eigenvalue weighted by molar-refractivity contribution is 5.36. The minimum Gasteiger partial charge on any atom is -0.497 e. The second-order valence-corrected chi connectivity index (χ2v) is 4.80. The molecule has 0 radical (unpaired) electrons. The van der Waals surface area contributed by atoms with Gasteiger partial charge in [-0.1, -0.05) is 19.9 Å². The Balaban J connectivity index is 2.77. The number of hydrogen-bond acceptors (Lipinski definition) is 3. The first kappa shape index (κ1) is 16.0. The van der Waals surface area contributed by atoms with Gasteiger partial charge in [-0.25, -0.2) is 0 Å². The first-order chi connectivity index (χ1) is 9.22. The third-order valence-corrected chi connectivity index (χ3v) is 3.13. The second-order valence-electron chi connectivity index (χ2n) is 4.80. The van der Waals surface area contributed by atoms with Crippen LogP contribution in [0.3, 0.4) is 0 Å². The molecule has 0 bridgehead atoms. The van der Waals surface area contributed by atoms with Gasteiger partial charge in [-0.15, -0.1) is 0 Å². The molecule has 3 heteroatoms. The van der Waals surface area contributed by atoms with Crippen LogP contribution in [-0.2, 0) is 4.74 Å². The summed E-state index contributed by atoms with van der Waals surface area (Å²) in [4.78, 5) is 0. The van der Waals surface area contributed by atoms with E-state index in [2.05, 4.69) is 38.2 Å². The number of ether oxygens (including phenoxy) is 2. The Morgan fingerprint density at radius 2 is 2.00 bits per heavy atom. The fourth-order valence-corrected chi connectivity index (χ4v) is 2.09. The van der Waals surface area contributed by atoms with Crippen LogP contribution < -0.4 is 10.1 Å². The Kier molecular flexibility index (Phi) is 7.53. The monoisotopic (exact) mass is 265 g/mol. The molecule has 0 saturated carbocycles. The Morgan fingerprint density at radius 3 is 2.58 bits per heavy atom. The summed E-state index contributed by atoms with van der Waals surface area (Å²) in [5.74, 6) is 0.907. The van der Waals surface area contributed by atoms with Crippen molar-refractivity contribution >= 4 is 0 Å². The molecule has 1 aromatic carbocycles. The molecule has 1 atom stereocenters. The van der Waals surface area contributed by atoms with Crippen LogP contribution in [0.2, 0.25) is 0 Å². The maximum atomic E-state index is 5.71. The zero-order chi connectivity index (χ0) is 14.1. The number of nitrogens with one attached hydrogen (secondary N) is 1. The van der Waals surface area contributed by atoms with Crippen molar-refractivity contribution in [3.63, 3.8) is 0 Å². The Bertz CT molecular complexity index is 366. The maximum absolute atomic E-state index is 5.71. The smallest absolute Gasteiger partial charge is 0.119 e. The van der Waals surface area contributed by atoms with E-state index in [1.807, 2.05) is 6.07 Å². The van der Waals surface area contributed by atoms with Crippen LogP contribution in [0, 0.1) is 6.92 Å². The summed E-state index contributed by atoms with van der Waals surface area (Å²) in [5.41, 5.74) is 2.54. The van der Waals surface area contributed by atoms with E-state index >= 15 is 0 Å². The lowest BCUT2D eigenvalue weighted by atomic mass is 10.0. The number of aryl methyl sites for hydroxylation is 1. The van der Waals surface area contributed by atoms with Gasteiger partial charge in [0, 0.05) is 6.61 Å². The summed E-state index contributed by atoms with van der Waals surface area (Å²) >= 11 is 0. The third kappa shape index (κ3) is 5.21. The maximum Gasteiger partial charge on any atom is 0.119 e. The SMILES string of the molecule is CCCNC(COCCC)c1ccc(OC)cc1C. The highest BCUT2D eigenvalue weighted by atomic mass is 16.5. The number of benzene rings is 1. The lowest BCUT2D eigenvalue weighted by Crippen LogP contribution is -2.27. The van der Waals surface area contributed by atoms with E-state index < -0.39 is 0 Å². The molecule has 0 aromatic heterocycles. The van der Waals surface area contributed by atoms with Gasteiger partial charge >= 0.3 is 0 Å². The van der Waals surface area contributed by atoms with Gasteiger partial charge in [0.2, 0.25) is 0 Å². The van der Waals surface area contributed by atoms with Crippen molar-refractivity contribution in [3.05, 3.63) is 29.3 Å². The van der Waals surface area contributed by atoms with Crippen LogP contribution in [0.15, 0.2) is 18.2 Å². The van der Waals surface area contributed by atoms with Crippen molar-refractivity contribution in [2.45, 2.75) is 39.7 Å². The normalized spacial score (nSPS) is 12.4. The topological polar surface area (TPSA) is 30.5 Å². The molecule has 0 amide bonds. The average Bonchev–Trinajstić information content (AvgIpc) is 2.43. The molecule has 0 fully saturated rings. The molecular formula is C16H27NO2. The van der Waals surface area contributed by atoms with Gasteiger partial charge in [0.1, 0.15) is 5.75 Å². The Morgan fingerprint density at radius 1 is 1.21 bits per heavy atom. The fraction of sp³-hybridized carbons (Fsp3) is 0.625. The first-order valence-electron chi connectivity index (χ1n) is 7.18. The van der Waals surface area contributed by atoms with Crippen molar-refractivity contribution in [3.8, 4) is 5.75 Å². The molecule has 0 spiro atoms. The average molecular weight is 265 g/mol. The van der Waals surface area contributed by atoms with E-state index in [1.165, 1.54) is 11.1 Å². The zero-order valence-electron chi connectivity index (χ0n) is 12.7. The molecule has 0 aliphatic carbocycles. The molecular weight excluding hydrogens is 238 g/mol. The molecule has 1 unspecified atom stereocenters. The molecule has 19 heavy (non-hydrogen) atoms. The highest BCUT2D eigenvalue weighted by Gasteiger charge is 2.13. The lowest BCUT2D eigenvalue weighted by Gasteiger charge is -2.21. The number of hydrogen-bond donors (Lipinski definition) is 1.